The average molecular weight is 630 g/mol. The number of amides is 2. The Morgan fingerprint density at radius 2 is 1.54 bits per heavy atom. The quantitative estimate of drug-likeness (QED) is 0.310. The van der Waals surface area contributed by atoms with Crippen LogP contribution in [0, 0.1) is 24.2 Å². The molecule has 2 heterocycles. The van der Waals surface area contributed by atoms with E-state index in [1.807, 2.05) is 0 Å². The van der Waals surface area contributed by atoms with E-state index in [0.717, 1.165) is 67.7 Å². The molecule has 0 aromatic heterocycles. The Kier molecular flexibility index (Phi) is 11.5. The fourth-order valence-electron chi connectivity index (χ4n) is 8.71. The fourth-order valence-corrected chi connectivity index (χ4v) is 8.71. The summed E-state index contributed by atoms with van der Waals surface area (Å²) in [5.74, 6) is -0.0269. The van der Waals surface area contributed by atoms with Crippen LogP contribution >= 0.6 is 0 Å². The summed E-state index contributed by atoms with van der Waals surface area (Å²) in [6.07, 6.45) is 12.1. The van der Waals surface area contributed by atoms with Gasteiger partial charge in [0.05, 0.1) is 5.92 Å². The van der Waals surface area contributed by atoms with Crippen LogP contribution in [-0.4, -0.2) is 69.6 Å². The summed E-state index contributed by atoms with van der Waals surface area (Å²) in [6, 6.07) is 13.6. The maximum atomic E-state index is 14.1. The Morgan fingerprint density at radius 3 is 2.17 bits per heavy atom. The Balaban J connectivity index is 1.41. The summed E-state index contributed by atoms with van der Waals surface area (Å²) >= 11 is 0. The molecule has 3 fully saturated rings. The molecule has 1 saturated carbocycles. The molecule has 7 nitrogen and oxygen atoms in total. The average Bonchev–Trinajstić information content (AvgIpc) is 3.17. The van der Waals surface area contributed by atoms with Gasteiger partial charge in [-0.05, 0) is 112 Å². The van der Waals surface area contributed by atoms with Gasteiger partial charge in [-0.1, -0.05) is 69.7 Å². The number of hydrogen-bond acceptors (Lipinski definition) is 5. The highest BCUT2D eigenvalue weighted by Crippen LogP contribution is 2.48. The molecule has 1 aliphatic carbocycles. The van der Waals surface area contributed by atoms with E-state index in [9.17, 15) is 9.59 Å². The van der Waals surface area contributed by atoms with Gasteiger partial charge in [0.2, 0.25) is 5.91 Å². The number of carbonyl (C=O) groups excluding carboxylic acids is 2. The minimum absolute atomic E-state index is 0.0837. The highest BCUT2D eigenvalue weighted by atomic mass is 16.2. The van der Waals surface area contributed by atoms with Gasteiger partial charge in [0, 0.05) is 43.5 Å². The van der Waals surface area contributed by atoms with Crippen molar-refractivity contribution in [3.63, 3.8) is 0 Å². The summed E-state index contributed by atoms with van der Waals surface area (Å²) in [4.78, 5) is 32.1. The second kappa shape index (κ2) is 15.3. The first-order valence-corrected chi connectivity index (χ1v) is 18.0. The van der Waals surface area contributed by atoms with Crippen LogP contribution in [0.3, 0.4) is 0 Å². The number of hydrogen-bond donors (Lipinski definition) is 3. The minimum atomic E-state index is -0.231. The molecular formula is C39H59N5O2. The molecule has 2 aliphatic heterocycles. The fraction of sp³-hybridized carbons (Fsp3) is 0.641. The summed E-state index contributed by atoms with van der Waals surface area (Å²) in [6.45, 7) is 9.84. The van der Waals surface area contributed by atoms with Crippen molar-refractivity contribution < 1.29 is 9.59 Å². The number of piperidine rings is 2. The van der Waals surface area contributed by atoms with Crippen molar-refractivity contribution in [3.05, 3.63) is 53.1 Å². The third-order valence-corrected chi connectivity index (χ3v) is 11.7. The maximum Gasteiger partial charge on any atom is 0.251 e. The Hall–Kier alpha value is -2.90. The highest BCUT2D eigenvalue weighted by molar-refractivity contribution is 5.99. The molecule has 3 atom stereocenters. The molecule has 2 saturated heterocycles. The van der Waals surface area contributed by atoms with Gasteiger partial charge < -0.3 is 25.8 Å². The predicted octanol–water partition coefficient (Wildman–Crippen LogP) is 6.53. The zero-order valence-electron chi connectivity index (χ0n) is 29.4. The molecular weight excluding hydrogens is 570 g/mol. The van der Waals surface area contributed by atoms with Gasteiger partial charge in [-0.25, -0.2) is 0 Å². The van der Waals surface area contributed by atoms with Crippen molar-refractivity contribution >= 4 is 17.5 Å². The van der Waals surface area contributed by atoms with Gasteiger partial charge >= 0.3 is 0 Å². The second-order valence-corrected chi connectivity index (χ2v) is 14.9. The van der Waals surface area contributed by atoms with Gasteiger partial charge in [0.1, 0.15) is 0 Å². The number of nitrogens with one attached hydrogen (secondary N) is 3. The molecule has 252 valence electrons. The smallest absolute Gasteiger partial charge is 0.251 e. The number of anilines is 1. The normalized spacial score (nSPS) is 24.2. The van der Waals surface area contributed by atoms with Crippen molar-refractivity contribution in [2.24, 2.45) is 17.3 Å². The summed E-state index contributed by atoms with van der Waals surface area (Å²) < 4.78 is 0. The van der Waals surface area contributed by atoms with E-state index in [0.29, 0.717) is 18.2 Å². The van der Waals surface area contributed by atoms with E-state index in [-0.39, 0.29) is 35.1 Å². The van der Waals surface area contributed by atoms with Crippen molar-refractivity contribution in [1.82, 2.24) is 20.9 Å². The van der Waals surface area contributed by atoms with Gasteiger partial charge in [-0.2, -0.15) is 0 Å². The topological polar surface area (TPSA) is 76.7 Å². The number of rotatable bonds is 8. The second-order valence-electron chi connectivity index (χ2n) is 14.9. The van der Waals surface area contributed by atoms with E-state index < -0.39 is 0 Å². The van der Waals surface area contributed by atoms with Crippen LogP contribution in [0.5, 0.6) is 0 Å². The maximum absolute atomic E-state index is 14.1. The standard InChI is InChI=1S/C39H59N5O2/c1-27-34(37(45)41-25-35-28(2)39(29(3)42-38(35)46)19-11-9-7-8-10-12-20-39)23-32(31-15-13-30(14-16-31)26-43(4)5)24-36(27)44(6)33-17-21-40-22-18-33/h13-16,23-24,28-29,33,35,40H,7-12,17-22,25-26H2,1-6H3,(H,41,45)(H,42,46). The summed E-state index contributed by atoms with van der Waals surface area (Å²) in [7, 11) is 6.34. The number of benzene rings is 2. The van der Waals surface area contributed by atoms with Crippen LogP contribution in [0.4, 0.5) is 5.69 Å². The van der Waals surface area contributed by atoms with Crippen LogP contribution < -0.4 is 20.9 Å². The van der Waals surface area contributed by atoms with Gasteiger partial charge in [-0.15, -0.1) is 0 Å². The van der Waals surface area contributed by atoms with Crippen molar-refractivity contribution in [2.75, 3.05) is 45.7 Å². The van der Waals surface area contributed by atoms with E-state index in [2.05, 4.69) is 104 Å². The van der Waals surface area contributed by atoms with E-state index in [1.165, 1.54) is 44.1 Å². The first-order chi connectivity index (χ1) is 22.1. The molecule has 2 aromatic carbocycles. The molecule has 2 aromatic rings. The highest BCUT2D eigenvalue weighted by Gasteiger charge is 2.50. The Morgan fingerprint density at radius 1 is 0.913 bits per heavy atom. The van der Waals surface area contributed by atoms with Crippen LogP contribution in [0.1, 0.15) is 99.5 Å². The molecule has 46 heavy (non-hydrogen) atoms. The first kappa shape index (κ1) is 34.4. The summed E-state index contributed by atoms with van der Waals surface area (Å²) in [5.41, 5.74) is 6.30. The third-order valence-electron chi connectivity index (χ3n) is 11.7. The molecule has 0 radical (unpaired) electrons. The van der Waals surface area contributed by atoms with Crippen LogP contribution in [0.2, 0.25) is 0 Å². The van der Waals surface area contributed by atoms with Crippen molar-refractivity contribution in [1.29, 1.82) is 0 Å². The lowest BCUT2D eigenvalue weighted by Crippen LogP contribution is -2.61. The van der Waals surface area contributed by atoms with Crippen LogP contribution in [0.15, 0.2) is 36.4 Å². The lowest BCUT2D eigenvalue weighted by molar-refractivity contribution is -0.137. The van der Waals surface area contributed by atoms with E-state index in [1.54, 1.807) is 0 Å². The molecule has 1 spiro atoms. The monoisotopic (exact) mass is 629 g/mol. The first-order valence-electron chi connectivity index (χ1n) is 18.0. The molecule has 2 amide bonds. The van der Waals surface area contributed by atoms with Gasteiger partial charge in [0.15, 0.2) is 0 Å². The van der Waals surface area contributed by atoms with E-state index >= 15 is 0 Å². The van der Waals surface area contributed by atoms with Crippen molar-refractivity contribution in [2.45, 2.75) is 104 Å². The lowest BCUT2D eigenvalue weighted by atomic mass is 9.59. The van der Waals surface area contributed by atoms with Crippen molar-refractivity contribution in [3.8, 4) is 11.1 Å². The van der Waals surface area contributed by atoms with Gasteiger partial charge in [0.25, 0.3) is 5.91 Å². The Bertz CT molecular complexity index is 1320. The minimum Gasteiger partial charge on any atom is -0.371 e. The Labute approximate surface area is 278 Å². The number of nitrogens with zero attached hydrogens (tertiary/aromatic N) is 2. The van der Waals surface area contributed by atoms with Gasteiger partial charge in [-0.3, -0.25) is 9.59 Å². The molecule has 3 unspecified atom stereocenters. The van der Waals surface area contributed by atoms with Crippen LogP contribution in [0.25, 0.3) is 11.1 Å². The molecule has 3 aliphatic rings. The zero-order chi connectivity index (χ0) is 32.8. The summed E-state index contributed by atoms with van der Waals surface area (Å²) in [5, 5.41) is 10.1. The number of carbonyl (C=O) groups is 2. The van der Waals surface area contributed by atoms with Crippen LogP contribution in [-0.2, 0) is 11.3 Å². The van der Waals surface area contributed by atoms with E-state index in [4.69, 9.17) is 0 Å². The lowest BCUT2D eigenvalue weighted by Gasteiger charge is -2.51. The largest absolute Gasteiger partial charge is 0.371 e. The molecule has 5 rings (SSSR count). The third kappa shape index (κ3) is 7.62. The molecule has 3 N–H and O–H groups in total. The molecule has 0 bridgehead atoms. The zero-order valence-corrected chi connectivity index (χ0v) is 29.4. The predicted molar refractivity (Wildman–Crippen MR) is 190 cm³/mol. The molecule has 7 heteroatoms. The SMILES string of the molecule is Cc1c(C(=O)NCC2C(=O)NC(C)C3(CCCCCCCC3)C2C)cc(-c2ccc(CN(C)C)cc2)cc1N(C)C1CCNCC1.